The van der Waals surface area contributed by atoms with Gasteiger partial charge in [-0.1, -0.05) is 19.8 Å². The van der Waals surface area contributed by atoms with Crippen LogP contribution in [0.4, 0.5) is 4.79 Å². The zero-order valence-corrected chi connectivity index (χ0v) is 13.6. The normalized spacial score (nSPS) is 19.0. The molecule has 21 heavy (non-hydrogen) atoms. The number of rotatable bonds is 5. The minimum Gasteiger partial charge on any atom is -0.469 e. The molecule has 1 N–H and O–H groups in total. The largest absolute Gasteiger partial charge is 0.469 e. The third kappa shape index (κ3) is 4.33. The summed E-state index contributed by atoms with van der Waals surface area (Å²) in [5, 5.41) is 10.8. The number of carbonyl (C=O) groups excluding carboxylic acids is 2. The highest BCUT2D eigenvalue weighted by atomic mass is 16.5. The Morgan fingerprint density at radius 1 is 1.33 bits per heavy atom. The van der Waals surface area contributed by atoms with Crippen LogP contribution in [0.3, 0.4) is 0 Å². The Labute approximate surface area is 127 Å². The summed E-state index contributed by atoms with van der Waals surface area (Å²) in [4.78, 5) is 27.1. The summed E-state index contributed by atoms with van der Waals surface area (Å²) in [6, 6.07) is -0.0553. The molecule has 1 aliphatic rings. The van der Waals surface area contributed by atoms with Gasteiger partial charge in [0.25, 0.3) is 0 Å². The second kappa shape index (κ2) is 7.64. The Kier molecular flexibility index (Phi) is 6.45. The fraction of sp³-hybridized carbons (Fsp3) is 0.867. The fourth-order valence-electron chi connectivity index (χ4n) is 2.87. The number of amides is 2. The van der Waals surface area contributed by atoms with E-state index in [0.29, 0.717) is 32.4 Å². The van der Waals surface area contributed by atoms with E-state index in [9.17, 15) is 14.7 Å². The smallest absolute Gasteiger partial charge is 0.319 e. The first kappa shape index (κ1) is 17.8. The van der Waals surface area contributed by atoms with E-state index in [1.807, 2.05) is 0 Å². The van der Waals surface area contributed by atoms with Crippen molar-refractivity contribution in [1.82, 2.24) is 9.80 Å². The number of likely N-dealkylation sites (tertiary alicyclic amines) is 1. The van der Waals surface area contributed by atoms with Crippen LogP contribution in [0.25, 0.3) is 0 Å². The highest BCUT2D eigenvalue weighted by Crippen LogP contribution is 2.34. The molecular formula is C15H28N2O4. The number of hydrogen-bond donors (Lipinski definition) is 1. The first-order valence-corrected chi connectivity index (χ1v) is 7.62. The number of ether oxygens (including phenoxy) is 1. The van der Waals surface area contributed by atoms with Gasteiger partial charge in [-0.3, -0.25) is 4.79 Å². The third-order valence-corrected chi connectivity index (χ3v) is 4.26. The topological polar surface area (TPSA) is 70.1 Å². The van der Waals surface area contributed by atoms with Crippen molar-refractivity contribution in [2.24, 2.45) is 5.92 Å². The van der Waals surface area contributed by atoms with Gasteiger partial charge in [-0.15, -0.1) is 0 Å². The maximum Gasteiger partial charge on any atom is 0.319 e. The van der Waals surface area contributed by atoms with Crippen LogP contribution >= 0.6 is 0 Å². The van der Waals surface area contributed by atoms with E-state index in [1.165, 1.54) is 12.0 Å². The quantitative estimate of drug-likeness (QED) is 0.781. The molecule has 1 aliphatic heterocycles. The summed E-state index contributed by atoms with van der Waals surface area (Å²) in [7, 11) is 4.78. The number of esters is 1. The summed E-state index contributed by atoms with van der Waals surface area (Å²) < 4.78 is 4.85. The van der Waals surface area contributed by atoms with Gasteiger partial charge in [0.2, 0.25) is 0 Å². The Balaban J connectivity index is 2.72. The maximum atomic E-state index is 12.0. The van der Waals surface area contributed by atoms with Crippen molar-refractivity contribution in [3.8, 4) is 0 Å². The molecule has 1 rings (SSSR count). The lowest BCUT2D eigenvalue weighted by molar-refractivity contribution is -0.160. The lowest BCUT2D eigenvalue weighted by atomic mass is 9.77. The van der Waals surface area contributed by atoms with E-state index in [0.717, 1.165) is 12.8 Å². The van der Waals surface area contributed by atoms with Crippen LogP contribution in [0.5, 0.6) is 0 Å². The molecule has 1 saturated heterocycles. The van der Waals surface area contributed by atoms with Crippen molar-refractivity contribution in [3.05, 3.63) is 0 Å². The van der Waals surface area contributed by atoms with Crippen molar-refractivity contribution in [1.29, 1.82) is 0 Å². The van der Waals surface area contributed by atoms with Gasteiger partial charge in [0.1, 0.15) is 0 Å². The number of carbonyl (C=O) groups is 2. The van der Waals surface area contributed by atoms with Crippen molar-refractivity contribution in [2.75, 3.05) is 34.3 Å². The average Bonchev–Trinajstić information content (AvgIpc) is 2.47. The molecule has 1 atom stereocenters. The van der Waals surface area contributed by atoms with Crippen LogP contribution in [0.2, 0.25) is 0 Å². The van der Waals surface area contributed by atoms with Gasteiger partial charge in [0.15, 0.2) is 0 Å². The van der Waals surface area contributed by atoms with Crippen molar-refractivity contribution in [3.63, 3.8) is 0 Å². The molecule has 0 aliphatic carbocycles. The van der Waals surface area contributed by atoms with Gasteiger partial charge in [-0.25, -0.2) is 4.79 Å². The second-order valence-corrected chi connectivity index (χ2v) is 5.99. The zero-order chi connectivity index (χ0) is 16.0. The summed E-state index contributed by atoms with van der Waals surface area (Å²) >= 11 is 0. The number of hydrogen-bond acceptors (Lipinski definition) is 4. The van der Waals surface area contributed by atoms with E-state index in [4.69, 9.17) is 4.74 Å². The van der Waals surface area contributed by atoms with Gasteiger partial charge in [0, 0.05) is 27.2 Å². The van der Waals surface area contributed by atoms with Crippen LogP contribution in [0, 0.1) is 5.92 Å². The van der Waals surface area contributed by atoms with Gasteiger partial charge >= 0.3 is 12.0 Å². The predicted octanol–water partition coefficient (Wildman–Crippen LogP) is 1.47. The van der Waals surface area contributed by atoms with Crippen LogP contribution < -0.4 is 0 Å². The molecule has 0 saturated carbocycles. The van der Waals surface area contributed by atoms with Crippen molar-refractivity contribution < 1.29 is 19.4 Å². The molecule has 122 valence electrons. The molecular weight excluding hydrogens is 272 g/mol. The molecule has 0 aromatic rings. The van der Waals surface area contributed by atoms with Gasteiger partial charge < -0.3 is 19.6 Å². The first-order chi connectivity index (χ1) is 9.85. The maximum absolute atomic E-state index is 12.0. The molecule has 1 fully saturated rings. The second-order valence-electron chi connectivity index (χ2n) is 5.99. The van der Waals surface area contributed by atoms with Gasteiger partial charge in [0.05, 0.1) is 18.6 Å². The van der Waals surface area contributed by atoms with Gasteiger partial charge in [-0.2, -0.15) is 0 Å². The lowest BCUT2D eigenvalue weighted by Crippen LogP contribution is -2.54. The Hall–Kier alpha value is -1.30. The Morgan fingerprint density at radius 2 is 1.90 bits per heavy atom. The molecule has 2 amide bonds. The first-order valence-electron chi connectivity index (χ1n) is 7.62. The number of aliphatic hydroxyl groups is 1. The molecule has 0 aromatic heterocycles. The molecule has 1 unspecified atom stereocenters. The predicted molar refractivity (Wildman–Crippen MR) is 79.9 cm³/mol. The van der Waals surface area contributed by atoms with Crippen LogP contribution in [-0.4, -0.2) is 66.8 Å². The molecule has 1 heterocycles. The summed E-state index contributed by atoms with van der Waals surface area (Å²) in [6.45, 7) is 2.98. The van der Waals surface area contributed by atoms with Crippen LogP contribution in [0.15, 0.2) is 0 Å². The summed E-state index contributed by atoms with van der Waals surface area (Å²) in [6.07, 6.45) is 3.30. The van der Waals surface area contributed by atoms with Gasteiger partial charge in [-0.05, 0) is 19.3 Å². The van der Waals surface area contributed by atoms with Crippen molar-refractivity contribution in [2.45, 2.75) is 44.6 Å². The average molecular weight is 300 g/mol. The molecule has 0 bridgehead atoms. The molecule has 6 heteroatoms. The number of unbranched alkanes of at least 4 members (excludes halogenated alkanes) is 1. The minimum absolute atomic E-state index is 0.0553. The molecule has 6 nitrogen and oxygen atoms in total. The zero-order valence-electron chi connectivity index (χ0n) is 13.6. The lowest BCUT2D eigenvalue weighted by Gasteiger charge is -2.42. The Bertz CT molecular complexity index is 363. The van der Waals surface area contributed by atoms with Crippen LogP contribution in [0.1, 0.15) is 39.0 Å². The van der Waals surface area contributed by atoms with Crippen molar-refractivity contribution >= 4 is 12.0 Å². The SMILES string of the molecule is CCCCC(C(=O)OC)C1(O)CCN(C(=O)N(C)C)CC1. The summed E-state index contributed by atoms with van der Waals surface area (Å²) in [5.74, 6) is -0.850. The summed E-state index contributed by atoms with van der Waals surface area (Å²) in [5.41, 5.74) is -1.06. The molecule has 0 spiro atoms. The number of nitrogens with zero attached hydrogens (tertiary/aromatic N) is 2. The highest BCUT2D eigenvalue weighted by Gasteiger charge is 2.44. The molecule has 0 aromatic carbocycles. The van der Waals surface area contributed by atoms with E-state index in [2.05, 4.69) is 6.92 Å². The number of urea groups is 1. The molecule has 0 radical (unpaired) electrons. The standard InChI is InChI=1S/C15H28N2O4/c1-5-6-7-12(13(18)21-4)15(20)8-10-17(11-9-15)14(19)16(2)3/h12,20H,5-11H2,1-4H3. The number of piperidine rings is 1. The van der Waals surface area contributed by atoms with Crippen LogP contribution in [-0.2, 0) is 9.53 Å². The third-order valence-electron chi connectivity index (χ3n) is 4.26. The minimum atomic E-state index is -1.06. The number of methoxy groups -OCH3 is 1. The Morgan fingerprint density at radius 3 is 2.33 bits per heavy atom. The van der Waals surface area contributed by atoms with E-state index in [1.54, 1.807) is 19.0 Å². The van der Waals surface area contributed by atoms with E-state index < -0.39 is 11.5 Å². The van der Waals surface area contributed by atoms with E-state index in [-0.39, 0.29) is 12.0 Å². The highest BCUT2D eigenvalue weighted by molar-refractivity contribution is 5.75. The van der Waals surface area contributed by atoms with E-state index >= 15 is 0 Å². The fourth-order valence-corrected chi connectivity index (χ4v) is 2.87. The monoisotopic (exact) mass is 300 g/mol.